The number of carbonyl (C=O) groups is 3. The van der Waals surface area contributed by atoms with Crippen LogP contribution in [0.25, 0.3) is 10.8 Å². The molecule has 2 aromatic carbocycles. The molecular formula is C25H33N3O4. The third kappa shape index (κ3) is 4.78. The Morgan fingerprint density at radius 3 is 2.38 bits per heavy atom. The lowest BCUT2D eigenvalue weighted by atomic mass is 9.69. The zero-order valence-electron chi connectivity index (χ0n) is 19.1. The largest absolute Gasteiger partial charge is 0.378 e. The molecular weight excluding hydrogens is 406 g/mol. The second kappa shape index (κ2) is 10.1. The lowest BCUT2D eigenvalue weighted by Gasteiger charge is -2.42. The number of Topliss-reactive ketones (excluding diaryl/α,β-unsaturated/α-hetero) is 1. The lowest BCUT2D eigenvalue weighted by molar-refractivity contribution is -0.136. The van der Waals surface area contributed by atoms with E-state index in [2.05, 4.69) is 5.32 Å². The highest BCUT2D eigenvalue weighted by molar-refractivity contribution is 5.98. The molecule has 0 unspecified atom stereocenters. The number of carbonyl (C=O) groups excluding carboxylic acids is 3. The van der Waals surface area contributed by atoms with Crippen molar-refractivity contribution in [3.8, 4) is 0 Å². The van der Waals surface area contributed by atoms with E-state index in [0.29, 0.717) is 26.3 Å². The maximum Gasteiger partial charge on any atom is 0.318 e. The highest BCUT2D eigenvalue weighted by Gasteiger charge is 2.50. The molecule has 0 spiro atoms. The molecule has 2 aromatic rings. The number of hydrogen-bond acceptors (Lipinski definition) is 4. The predicted molar refractivity (Wildman–Crippen MR) is 124 cm³/mol. The molecule has 0 bridgehead atoms. The quantitative estimate of drug-likeness (QED) is 0.660. The highest BCUT2D eigenvalue weighted by Crippen LogP contribution is 2.33. The average molecular weight is 440 g/mol. The Hall–Kier alpha value is -2.93. The first-order valence-corrected chi connectivity index (χ1v) is 11.2. The van der Waals surface area contributed by atoms with Gasteiger partial charge in [0, 0.05) is 25.9 Å². The second-order valence-electron chi connectivity index (χ2n) is 8.72. The predicted octanol–water partition coefficient (Wildman–Crippen LogP) is 2.90. The molecule has 7 heteroatoms. The van der Waals surface area contributed by atoms with E-state index in [-0.39, 0.29) is 24.5 Å². The van der Waals surface area contributed by atoms with Crippen LogP contribution in [0.5, 0.6) is 0 Å². The smallest absolute Gasteiger partial charge is 0.318 e. The number of morpholine rings is 1. The Bertz CT molecular complexity index is 979. The molecule has 7 nitrogen and oxygen atoms in total. The number of ketones is 1. The fourth-order valence-electron chi connectivity index (χ4n) is 4.75. The zero-order chi connectivity index (χ0) is 23.3. The third-order valence-electron chi connectivity index (χ3n) is 6.31. The van der Waals surface area contributed by atoms with Crippen LogP contribution in [0.15, 0.2) is 42.5 Å². The molecule has 1 aliphatic rings. The van der Waals surface area contributed by atoms with Gasteiger partial charge in [-0.1, -0.05) is 63.2 Å². The summed E-state index contributed by atoms with van der Waals surface area (Å²) in [5, 5.41) is 4.93. The van der Waals surface area contributed by atoms with E-state index in [4.69, 9.17) is 10.5 Å². The maximum absolute atomic E-state index is 13.3. The summed E-state index contributed by atoms with van der Waals surface area (Å²) in [6.45, 7) is 7.25. The van der Waals surface area contributed by atoms with Crippen molar-refractivity contribution in [1.82, 2.24) is 10.2 Å². The van der Waals surface area contributed by atoms with Crippen LogP contribution in [-0.4, -0.2) is 54.5 Å². The number of amides is 3. The van der Waals surface area contributed by atoms with Crippen molar-refractivity contribution in [2.45, 2.75) is 39.2 Å². The maximum atomic E-state index is 13.3. The molecule has 3 rings (SSSR count). The van der Waals surface area contributed by atoms with Gasteiger partial charge in [-0.25, -0.2) is 4.79 Å². The van der Waals surface area contributed by atoms with Gasteiger partial charge in [0.15, 0.2) is 0 Å². The SMILES string of the molecule is CCC(=O)[C@H](C(C)C)[C@](Cc1cccc2ccccc12)(NC(=O)N1CCOCC1)C(N)=O. The molecule has 0 aliphatic carbocycles. The number of ether oxygens (including phenoxy) is 1. The molecule has 1 saturated heterocycles. The molecule has 1 heterocycles. The lowest BCUT2D eigenvalue weighted by Crippen LogP contribution is -2.68. The molecule has 0 aromatic heterocycles. The molecule has 3 N–H and O–H groups in total. The standard InChI is InChI=1S/C25H33N3O4/c1-4-21(29)22(17(2)3)25(23(26)30,27-24(31)28-12-14-32-15-13-28)16-19-10-7-9-18-8-5-6-11-20(18)19/h5-11,17,22H,4,12-16H2,1-3H3,(H2,26,30)(H,27,31)/t22-,25-/m0/s1. The van der Waals surface area contributed by atoms with Crippen LogP contribution in [0, 0.1) is 11.8 Å². The minimum atomic E-state index is -1.55. The Kier molecular flexibility index (Phi) is 7.51. The van der Waals surface area contributed by atoms with Crippen molar-refractivity contribution in [3.05, 3.63) is 48.0 Å². The molecule has 1 aliphatic heterocycles. The number of urea groups is 1. The van der Waals surface area contributed by atoms with Crippen molar-refractivity contribution in [2.24, 2.45) is 17.6 Å². The summed E-state index contributed by atoms with van der Waals surface area (Å²) in [7, 11) is 0. The van der Waals surface area contributed by atoms with Gasteiger partial charge in [-0.15, -0.1) is 0 Å². The molecule has 0 saturated carbocycles. The van der Waals surface area contributed by atoms with E-state index in [1.54, 1.807) is 11.8 Å². The highest BCUT2D eigenvalue weighted by atomic mass is 16.5. The van der Waals surface area contributed by atoms with Gasteiger partial charge in [0.1, 0.15) is 11.3 Å². The number of hydrogen-bond donors (Lipinski definition) is 2. The zero-order valence-corrected chi connectivity index (χ0v) is 19.1. The summed E-state index contributed by atoms with van der Waals surface area (Å²) in [4.78, 5) is 41.1. The number of nitrogens with zero attached hydrogens (tertiary/aromatic N) is 1. The van der Waals surface area contributed by atoms with Crippen LogP contribution in [0.4, 0.5) is 4.79 Å². The molecule has 1 fully saturated rings. The van der Waals surface area contributed by atoms with Crippen LogP contribution < -0.4 is 11.1 Å². The minimum Gasteiger partial charge on any atom is -0.378 e. The van der Waals surface area contributed by atoms with E-state index in [1.807, 2.05) is 56.3 Å². The minimum absolute atomic E-state index is 0.0960. The molecule has 2 atom stereocenters. The van der Waals surface area contributed by atoms with Crippen molar-refractivity contribution in [1.29, 1.82) is 0 Å². The topological polar surface area (TPSA) is 102 Å². The van der Waals surface area contributed by atoms with Gasteiger partial charge in [-0.3, -0.25) is 9.59 Å². The van der Waals surface area contributed by atoms with Crippen LogP contribution in [0.3, 0.4) is 0 Å². The normalized spacial score (nSPS) is 17.1. The summed E-state index contributed by atoms with van der Waals surface area (Å²) < 4.78 is 5.35. The van der Waals surface area contributed by atoms with Crippen molar-refractivity contribution < 1.29 is 19.1 Å². The number of nitrogens with two attached hydrogens (primary N) is 1. The molecule has 3 amide bonds. The number of nitrogens with one attached hydrogen (secondary N) is 1. The van der Waals surface area contributed by atoms with Gasteiger partial charge in [0.2, 0.25) is 5.91 Å². The van der Waals surface area contributed by atoms with Gasteiger partial charge in [-0.2, -0.15) is 0 Å². The second-order valence-corrected chi connectivity index (χ2v) is 8.72. The van der Waals surface area contributed by atoms with Gasteiger partial charge in [0.25, 0.3) is 0 Å². The molecule has 32 heavy (non-hydrogen) atoms. The Morgan fingerprint density at radius 2 is 1.75 bits per heavy atom. The number of benzene rings is 2. The number of rotatable bonds is 8. The number of fused-ring (bicyclic) bond motifs is 1. The van der Waals surface area contributed by atoms with Crippen LogP contribution in [0.1, 0.15) is 32.8 Å². The van der Waals surface area contributed by atoms with E-state index in [0.717, 1.165) is 16.3 Å². The van der Waals surface area contributed by atoms with E-state index in [9.17, 15) is 14.4 Å². The van der Waals surface area contributed by atoms with Crippen LogP contribution in [0.2, 0.25) is 0 Å². The van der Waals surface area contributed by atoms with Crippen LogP contribution in [-0.2, 0) is 20.7 Å². The molecule has 172 valence electrons. The summed E-state index contributed by atoms with van der Waals surface area (Å²) in [5.74, 6) is -1.75. The summed E-state index contributed by atoms with van der Waals surface area (Å²) >= 11 is 0. The summed E-state index contributed by atoms with van der Waals surface area (Å²) in [5.41, 5.74) is 5.33. The van der Waals surface area contributed by atoms with E-state index in [1.165, 1.54) is 0 Å². The monoisotopic (exact) mass is 439 g/mol. The molecule has 0 radical (unpaired) electrons. The van der Waals surface area contributed by atoms with E-state index >= 15 is 0 Å². The first kappa shape index (κ1) is 23.7. The fourth-order valence-corrected chi connectivity index (χ4v) is 4.75. The number of primary amides is 1. The first-order valence-electron chi connectivity index (χ1n) is 11.2. The van der Waals surface area contributed by atoms with Gasteiger partial charge >= 0.3 is 6.03 Å². The van der Waals surface area contributed by atoms with Crippen molar-refractivity contribution in [3.63, 3.8) is 0 Å². The Morgan fingerprint density at radius 1 is 1.09 bits per heavy atom. The van der Waals surface area contributed by atoms with Gasteiger partial charge < -0.3 is 20.7 Å². The van der Waals surface area contributed by atoms with E-state index < -0.39 is 23.4 Å². The summed E-state index contributed by atoms with van der Waals surface area (Å²) in [6, 6.07) is 13.3. The van der Waals surface area contributed by atoms with Gasteiger partial charge in [-0.05, 0) is 22.3 Å². The first-order chi connectivity index (χ1) is 15.3. The summed E-state index contributed by atoms with van der Waals surface area (Å²) in [6.07, 6.45) is 0.384. The average Bonchev–Trinajstić information content (AvgIpc) is 2.79. The van der Waals surface area contributed by atoms with Crippen LogP contribution >= 0.6 is 0 Å². The Labute approximate surface area is 189 Å². The fraction of sp³-hybridized carbons (Fsp3) is 0.480. The third-order valence-corrected chi connectivity index (χ3v) is 6.31. The van der Waals surface area contributed by atoms with Gasteiger partial charge in [0.05, 0.1) is 19.1 Å². The van der Waals surface area contributed by atoms with Crippen molar-refractivity contribution >= 4 is 28.5 Å². The Balaban J connectivity index is 2.12. The van der Waals surface area contributed by atoms with Crippen molar-refractivity contribution in [2.75, 3.05) is 26.3 Å².